The van der Waals surface area contributed by atoms with Crippen molar-refractivity contribution in [1.82, 2.24) is 15.0 Å². The van der Waals surface area contributed by atoms with Crippen LogP contribution in [0.5, 0.6) is 0 Å². The third-order valence-corrected chi connectivity index (χ3v) is 5.98. The van der Waals surface area contributed by atoms with Gasteiger partial charge >= 0.3 is 0 Å². The van der Waals surface area contributed by atoms with Crippen molar-refractivity contribution < 1.29 is 0 Å². The molecular formula is C28H19ClN4. The minimum absolute atomic E-state index is 0.715. The van der Waals surface area contributed by atoms with Gasteiger partial charge in [-0.05, 0) is 48.0 Å². The summed E-state index contributed by atoms with van der Waals surface area (Å²) in [6.45, 7) is 0. The molecule has 33 heavy (non-hydrogen) atoms. The second kappa shape index (κ2) is 8.08. The Labute approximate surface area is 195 Å². The first-order valence-electron chi connectivity index (χ1n) is 10.7. The number of halogens is 1. The summed E-state index contributed by atoms with van der Waals surface area (Å²) >= 11 is 6.11. The number of hydrogen-bond donors (Lipinski definition) is 2. The molecule has 0 unspecified atom stereocenters. The Morgan fingerprint density at radius 2 is 1.52 bits per heavy atom. The molecule has 158 valence electrons. The van der Waals surface area contributed by atoms with Crippen LogP contribution in [0, 0.1) is 0 Å². The van der Waals surface area contributed by atoms with Crippen molar-refractivity contribution >= 4 is 45.4 Å². The molecule has 6 rings (SSSR count). The summed E-state index contributed by atoms with van der Waals surface area (Å²) in [5, 5.41) is 1.84. The average molecular weight is 447 g/mol. The molecule has 0 bridgehead atoms. The van der Waals surface area contributed by atoms with Crippen LogP contribution in [0.25, 0.3) is 44.6 Å². The molecule has 0 spiro atoms. The van der Waals surface area contributed by atoms with Gasteiger partial charge in [0.1, 0.15) is 5.82 Å². The highest BCUT2D eigenvalue weighted by Crippen LogP contribution is 2.31. The van der Waals surface area contributed by atoms with Gasteiger partial charge in [0, 0.05) is 33.3 Å². The minimum Gasteiger partial charge on any atom is -0.354 e. The van der Waals surface area contributed by atoms with Crippen LogP contribution >= 0.6 is 11.6 Å². The van der Waals surface area contributed by atoms with E-state index >= 15 is 0 Å². The predicted octanol–water partition coefficient (Wildman–Crippen LogP) is 7.78. The lowest BCUT2D eigenvalue weighted by atomic mass is 10.1. The SMILES string of the molecule is Clc1ccc(-c2[nH]c3ccccc3c2C=Nc2cccc(-c3nc4ccccc4[nH]3)c2)cc1. The topological polar surface area (TPSA) is 56.8 Å². The third-order valence-electron chi connectivity index (χ3n) is 5.73. The Morgan fingerprint density at radius 3 is 2.36 bits per heavy atom. The summed E-state index contributed by atoms with van der Waals surface area (Å²) in [7, 11) is 0. The first-order valence-corrected chi connectivity index (χ1v) is 11.1. The molecule has 0 radical (unpaired) electrons. The number of nitrogens with one attached hydrogen (secondary N) is 2. The van der Waals surface area contributed by atoms with E-state index in [9.17, 15) is 0 Å². The van der Waals surface area contributed by atoms with Crippen LogP contribution < -0.4 is 0 Å². The zero-order valence-electron chi connectivity index (χ0n) is 17.6. The summed E-state index contributed by atoms with van der Waals surface area (Å²) in [6, 6.07) is 32.2. The van der Waals surface area contributed by atoms with Gasteiger partial charge in [0.05, 0.1) is 22.4 Å². The van der Waals surface area contributed by atoms with E-state index in [0.29, 0.717) is 5.02 Å². The van der Waals surface area contributed by atoms with Crippen LogP contribution in [-0.2, 0) is 0 Å². The second-order valence-corrected chi connectivity index (χ2v) is 8.31. The van der Waals surface area contributed by atoms with Gasteiger partial charge < -0.3 is 9.97 Å². The molecule has 0 amide bonds. The van der Waals surface area contributed by atoms with E-state index in [1.165, 1.54) is 0 Å². The summed E-state index contributed by atoms with van der Waals surface area (Å²) in [5.74, 6) is 0.835. The van der Waals surface area contributed by atoms with E-state index in [1.807, 2.05) is 91.1 Å². The second-order valence-electron chi connectivity index (χ2n) is 7.88. The van der Waals surface area contributed by atoms with Gasteiger partial charge in [-0.15, -0.1) is 0 Å². The molecule has 2 N–H and O–H groups in total. The van der Waals surface area contributed by atoms with E-state index < -0.39 is 0 Å². The van der Waals surface area contributed by atoms with Gasteiger partial charge in [-0.25, -0.2) is 4.98 Å². The maximum absolute atomic E-state index is 6.11. The van der Waals surface area contributed by atoms with Gasteiger partial charge in [0.25, 0.3) is 0 Å². The van der Waals surface area contributed by atoms with Gasteiger partial charge in [-0.2, -0.15) is 0 Å². The van der Waals surface area contributed by atoms with E-state index in [2.05, 4.69) is 22.1 Å². The van der Waals surface area contributed by atoms with E-state index in [-0.39, 0.29) is 0 Å². The number of para-hydroxylation sites is 3. The molecule has 0 aliphatic heterocycles. The lowest BCUT2D eigenvalue weighted by Crippen LogP contribution is -1.86. The smallest absolute Gasteiger partial charge is 0.138 e. The molecular weight excluding hydrogens is 428 g/mol. The van der Waals surface area contributed by atoms with Crippen LogP contribution in [0.4, 0.5) is 5.69 Å². The lowest BCUT2D eigenvalue weighted by molar-refractivity contribution is 1.33. The van der Waals surface area contributed by atoms with Gasteiger partial charge in [0.15, 0.2) is 0 Å². The molecule has 0 saturated carbocycles. The molecule has 5 heteroatoms. The fourth-order valence-electron chi connectivity index (χ4n) is 4.10. The normalized spacial score (nSPS) is 11.7. The van der Waals surface area contributed by atoms with Gasteiger partial charge in [-0.1, -0.05) is 66.2 Å². The van der Waals surface area contributed by atoms with Crippen molar-refractivity contribution in [2.24, 2.45) is 4.99 Å². The average Bonchev–Trinajstić information content (AvgIpc) is 3.45. The summed E-state index contributed by atoms with van der Waals surface area (Å²) < 4.78 is 0. The Balaban J connectivity index is 1.41. The highest BCUT2D eigenvalue weighted by molar-refractivity contribution is 6.30. The molecule has 2 heterocycles. The van der Waals surface area contributed by atoms with E-state index in [4.69, 9.17) is 21.6 Å². The third kappa shape index (κ3) is 3.71. The van der Waals surface area contributed by atoms with Gasteiger partial charge in [-0.3, -0.25) is 4.99 Å². The number of benzene rings is 4. The van der Waals surface area contributed by atoms with Crippen molar-refractivity contribution in [2.75, 3.05) is 0 Å². The predicted molar refractivity (Wildman–Crippen MR) is 138 cm³/mol. The number of rotatable bonds is 4. The highest BCUT2D eigenvalue weighted by Gasteiger charge is 2.12. The first kappa shape index (κ1) is 19.5. The number of aromatic nitrogens is 3. The maximum atomic E-state index is 6.11. The standard InChI is InChI=1S/C28H19ClN4/c29-20-14-12-18(13-15-20)27-23(22-8-1-2-9-24(22)31-27)17-30-21-7-5-6-19(16-21)28-32-25-10-3-4-11-26(25)33-28/h1-17,31H,(H,32,33). The molecule has 0 aliphatic carbocycles. The summed E-state index contributed by atoms with van der Waals surface area (Å²) in [4.78, 5) is 16.5. The van der Waals surface area contributed by atoms with Gasteiger partial charge in [0.2, 0.25) is 0 Å². The molecule has 0 saturated heterocycles. The molecule has 0 aliphatic rings. The minimum atomic E-state index is 0.715. The Hall–Kier alpha value is -4.15. The van der Waals surface area contributed by atoms with Crippen molar-refractivity contribution in [3.63, 3.8) is 0 Å². The van der Waals surface area contributed by atoms with Crippen LogP contribution in [-0.4, -0.2) is 21.2 Å². The van der Waals surface area contributed by atoms with Crippen molar-refractivity contribution in [1.29, 1.82) is 0 Å². The Kier molecular flexibility index (Phi) is 4.78. The molecule has 0 fully saturated rings. The van der Waals surface area contributed by atoms with E-state index in [0.717, 1.165) is 55.8 Å². The molecule has 4 nitrogen and oxygen atoms in total. The Morgan fingerprint density at radius 1 is 0.727 bits per heavy atom. The lowest BCUT2D eigenvalue weighted by Gasteiger charge is -2.02. The summed E-state index contributed by atoms with van der Waals surface area (Å²) in [5.41, 5.74) is 8.03. The zero-order chi connectivity index (χ0) is 22.2. The fraction of sp³-hybridized carbons (Fsp3) is 0. The largest absolute Gasteiger partial charge is 0.354 e. The first-order chi connectivity index (χ1) is 16.2. The monoisotopic (exact) mass is 446 g/mol. The molecule has 0 atom stereocenters. The number of H-pyrrole nitrogens is 2. The fourth-order valence-corrected chi connectivity index (χ4v) is 4.23. The quantitative estimate of drug-likeness (QED) is 0.267. The van der Waals surface area contributed by atoms with Crippen LogP contribution in [0.2, 0.25) is 5.02 Å². The summed E-state index contributed by atoms with van der Waals surface area (Å²) in [6.07, 6.45) is 1.93. The van der Waals surface area contributed by atoms with Crippen molar-refractivity contribution in [3.05, 3.63) is 108 Å². The molecule has 6 aromatic rings. The molecule has 4 aromatic carbocycles. The maximum Gasteiger partial charge on any atom is 0.138 e. The number of fused-ring (bicyclic) bond motifs is 2. The van der Waals surface area contributed by atoms with Crippen molar-refractivity contribution in [3.8, 4) is 22.6 Å². The number of imidazole rings is 1. The zero-order valence-corrected chi connectivity index (χ0v) is 18.3. The number of nitrogens with zero attached hydrogens (tertiary/aromatic N) is 2. The van der Waals surface area contributed by atoms with Crippen LogP contribution in [0.3, 0.4) is 0 Å². The highest BCUT2D eigenvalue weighted by atomic mass is 35.5. The molecule has 2 aromatic heterocycles. The number of hydrogen-bond acceptors (Lipinski definition) is 2. The van der Waals surface area contributed by atoms with Crippen LogP contribution in [0.15, 0.2) is 102 Å². The number of aromatic amines is 2. The Bertz CT molecular complexity index is 1590. The number of aliphatic imine (C=N–C) groups is 1. The van der Waals surface area contributed by atoms with Crippen molar-refractivity contribution in [2.45, 2.75) is 0 Å². The van der Waals surface area contributed by atoms with Crippen LogP contribution in [0.1, 0.15) is 5.56 Å². The van der Waals surface area contributed by atoms with E-state index in [1.54, 1.807) is 0 Å².